The molecule has 0 heterocycles. The van der Waals surface area contributed by atoms with Crippen LogP contribution in [-0.2, 0) is 10.7 Å². The number of benzene rings is 1. The summed E-state index contributed by atoms with van der Waals surface area (Å²) in [7, 11) is 0. The molecular formula is C13H15ClFNO. The Bertz CT molecular complexity index is 418. The van der Waals surface area contributed by atoms with Gasteiger partial charge in [-0.1, -0.05) is 24.3 Å². The first-order valence-corrected chi connectivity index (χ1v) is 5.92. The molecule has 0 spiro atoms. The predicted molar refractivity (Wildman–Crippen MR) is 68.3 cm³/mol. The van der Waals surface area contributed by atoms with Gasteiger partial charge in [-0.05, 0) is 18.1 Å². The molecule has 1 N–H and O–H groups in total. The van der Waals surface area contributed by atoms with Crippen molar-refractivity contribution in [1.82, 2.24) is 5.32 Å². The van der Waals surface area contributed by atoms with Crippen LogP contribution >= 0.6 is 11.6 Å². The maximum atomic E-state index is 13.4. The Balaban J connectivity index is 2.48. The van der Waals surface area contributed by atoms with Crippen molar-refractivity contribution in [2.45, 2.75) is 19.2 Å². The van der Waals surface area contributed by atoms with E-state index in [4.69, 9.17) is 11.6 Å². The van der Waals surface area contributed by atoms with Gasteiger partial charge in [-0.2, -0.15) is 0 Å². The average molecular weight is 256 g/mol. The second-order valence-corrected chi connectivity index (χ2v) is 3.93. The van der Waals surface area contributed by atoms with Crippen molar-refractivity contribution in [2.75, 3.05) is 6.54 Å². The molecule has 0 radical (unpaired) electrons. The van der Waals surface area contributed by atoms with Crippen LogP contribution in [0.15, 0.2) is 24.3 Å². The SMILES string of the molecule is CC(=O)NCCC=Cc1ccc(CCl)c(F)c1. The van der Waals surface area contributed by atoms with Crippen molar-refractivity contribution < 1.29 is 9.18 Å². The van der Waals surface area contributed by atoms with Gasteiger partial charge in [-0.3, -0.25) is 4.79 Å². The van der Waals surface area contributed by atoms with E-state index in [-0.39, 0.29) is 17.6 Å². The maximum Gasteiger partial charge on any atom is 0.216 e. The molecule has 2 nitrogen and oxygen atoms in total. The lowest BCUT2D eigenvalue weighted by Crippen LogP contribution is -2.20. The van der Waals surface area contributed by atoms with Crippen LogP contribution in [0.2, 0.25) is 0 Å². The van der Waals surface area contributed by atoms with E-state index in [2.05, 4.69) is 5.32 Å². The molecule has 92 valence electrons. The number of alkyl halides is 1. The van der Waals surface area contributed by atoms with Crippen LogP contribution in [-0.4, -0.2) is 12.5 Å². The quantitative estimate of drug-likeness (QED) is 0.636. The van der Waals surface area contributed by atoms with Gasteiger partial charge in [0.2, 0.25) is 5.91 Å². The summed E-state index contributed by atoms with van der Waals surface area (Å²) in [5, 5.41) is 2.68. The molecule has 0 saturated heterocycles. The maximum absolute atomic E-state index is 13.4. The minimum Gasteiger partial charge on any atom is -0.356 e. The van der Waals surface area contributed by atoms with Gasteiger partial charge in [-0.15, -0.1) is 11.6 Å². The normalized spacial score (nSPS) is 10.8. The molecule has 0 saturated carbocycles. The van der Waals surface area contributed by atoms with Crippen LogP contribution in [0, 0.1) is 5.82 Å². The van der Waals surface area contributed by atoms with Crippen molar-refractivity contribution in [1.29, 1.82) is 0 Å². The lowest BCUT2D eigenvalue weighted by Gasteiger charge is -2.00. The Labute approximate surface area is 105 Å². The molecule has 0 unspecified atom stereocenters. The van der Waals surface area contributed by atoms with Gasteiger partial charge in [0.15, 0.2) is 0 Å². The Morgan fingerprint density at radius 2 is 2.29 bits per heavy atom. The van der Waals surface area contributed by atoms with Crippen LogP contribution in [0.3, 0.4) is 0 Å². The van der Waals surface area contributed by atoms with E-state index in [9.17, 15) is 9.18 Å². The summed E-state index contributed by atoms with van der Waals surface area (Å²) in [6.45, 7) is 2.07. The zero-order valence-corrected chi connectivity index (χ0v) is 10.4. The Kier molecular flexibility index (Phi) is 5.70. The van der Waals surface area contributed by atoms with E-state index < -0.39 is 0 Å². The van der Waals surface area contributed by atoms with Crippen molar-refractivity contribution in [3.8, 4) is 0 Å². The molecule has 1 aromatic carbocycles. The number of nitrogens with one attached hydrogen (secondary N) is 1. The second kappa shape index (κ2) is 7.07. The standard InChI is InChI=1S/C13H15ClFNO/c1-10(17)16-7-3-2-4-11-5-6-12(9-14)13(15)8-11/h2,4-6,8H,3,7,9H2,1H3,(H,16,17). The number of rotatable bonds is 5. The van der Waals surface area contributed by atoms with Gasteiger partial charge in [0.1, 0.15) is 5.82 Å². The van der Waals surface area contributed by atoms with Gasteiger partial charge in [0.05, 0.1) is 5.88 Å². The zero-order valence-electron chi connectivity index (χ0n) is 9.67. The topological polar surface area (TPSA) is 29.1 Å². The van der Waals surface area contributed by atoms with Crippen LogP contribution in [0.5, 0.6) is 0 Å². The monoisotopic (exact) mass is 255 g/mol. The number of carbonyl (C=O) groups excluding carboxylic acids is 1. The number of amides is 1. The number of carbonyl (C=O) groups is 1. The van der Waals surface area contributed by atoms with E-state index in [1.54, 1.807) is 6.07 Å². The highest BCUT2D eigenvalue weighted by Crippen LogP contribution is 2.13. The summed E-state index contributed by atoms with van der Waals surface area (Å²) in [4.78, 5) is 10.6. The van der Waals surface area contributed by atoms with Crippen LogP contribution in [0.1, 0.15) is 24.5 Å². The highest BCUT2D eigenvalue weighted by molar-refractivity contribution is 6.17. The second-order valence-electron chi connectivity index (χ2n) is 3.66. The number of halogens is 2. The third-order valence-electron chi connectivity index (χ3n) is 2.22. The zero-order chi connectivity index (χ0) is 12.7. The molecule has 0 aliphatic rings. The van der Waals surface area contributed by atoms with Gasteiger partial charge in [0, 0.05) is 19.0 Å². The summed E-state index contributed by atoms with van der Waals surface area (Å²) in [5.41, 5.74) is 1.29. The molecule has 1 amide bonds. The molecule has 4 heteroatoms. The Morgan fingerprint density at radius 3 is 2.88 bits per heavy atom. The smallest absolute Gasteiger partial charge is 0.216 e. The molecule has 0 aromatic heterocycles. The average Bonchev–Trinajstić information content (AvgIpc) is 2.28. The lowest BCUT2D eigenvalue weighted by atomic mass is 10.1. The Morgan fingerprint density at radius 1 is 1.53 bits per heavy atom. The van der Waals surface area contributed by atoms with E-state index in [0.29, 0.717) is 12.1 Å². The van der Waals surface area contributed by atoms with Gasteiger partial charge in [0.25, 0.3) is 0 Å². The molecule has 17 heavy (non-hydrogen) atoms. The van der Waals surface area contributed by atoms with Gasteiger partial charge in [-0.25, -0.2) is 4.39 Å². The lowest BCUT2D eigenvalue weighted by molar-refractivity contribution is -0.118. The summed E-state index contributed by atoms with van der Waals surface area (Å²) in [6, 6.07) is 4.94. The molecule has 0 bridgehead atoms. The fourth-order valence-corrected chi connectivity index (χ4v) is 1.54. The van der Waals surface area contributed by atoms with Gasteiger partial charge >= 0.3 is 0 Å². The third kappa shape index (κ3) is 5.00. The van der Waals surface area contributed by atoms with Crippen molar-refractivity contribution in [3.05, 3.63) is 41.2 Å². The summed E-state index contributed by atoms with van der Waals surface area (Å²) < 4.78 is 13.4. The van der Waals surface area contributed by atoms with Gasteiger partial charge < -0.3 is 5.32 Å². The van der Waals surface area contributed by atoms with Crippen molar-refractivity contribution in [3.63, 3.8) is 0 Å². The molecule has 0 fully saturated rings. The van der Waals surface area contributed by atoms with E-state index in [1.807, 2.05) is 18.2 Å². The van der Waals surface area contributed by atoms with Crippen molar-refractivity contribution in [2.24, 2.45) is 0 Å². The molecule has 1 rings (SSSR count). The predicted octanol–water partition coefficient (Wildman–Crippen LogP) is 3.10. The highest BCUT2D eigenvalue weighted by Gasteiger charge is 2.00. The largest absolute Gasteiger partial charge is 0.356 e. The van der Waals surface area contributed by atoms with E-state index in [1.165, 1.54) is 13.0 Å². The molecule has 0 aliphatic carbocycles. The molecular weight excluding hydrogens is 241 g/mol. The minimum atomic E-state index is -0.288. The number of hydrogen-bond acceptors (Lipinski definition) is 1. The Hall–Kier alpha value is -1.35. The minimum absolute atomic E-state index is 0.0455. The first kappa shape index (κ1) is 13.7. The molecule has 0 atom stereocenters. The first-order chi connectivity index (χ1) is 8.13. The van der Waals surface area contributed by atoms with Crippen LogP contribution < -0.4 is 5.32 Å². The number of hydrogen-bond donors (Lipinski definition) is 1. The first-order valence-electron chi connectivity index (χ1n) is 5.39. The molecule has 1 aromatic rings. The fraction of sp³-hybridized carbons (Fsp3) is 0.308. The fourth-order valence-electron chi connectivity index (χ4n) is 1.33. The molecule has 0 aliphatic heterocycles. The third-order valence-corrected chi connectivity index (χ3v) is 2.50. The summed E-state index contributed by atoms with van der Waals surface area (Å²) in [5.74, 6) is -0.154. The summed E-state index contributed by atoms with van der Waals surface area (Å²) in [6.07, 6.45) is 4.44. The van der Waals surface area contributed by atoms with E-state index in [0.717, 1.165) is 12.0 Å². The summed E-state index contributed by atoms with van der Waals surface area (Å²) >= 11 is 5.56. The van der Waals surface area contributed by atoms with Crippen LogP contribution in [0.4, 0.5) is 4.39 Å². The highest BCUT2D eigenvalue weighted by atomic mass is 35.5. The van der Waals surface area contributed by atoms with E-state index >= 15 is 0 Å². The van der Waals surface area contributed by atoms with Crippen molar-refractivity contribution >= 4 is 23.6 Å². The van der Waals surface area contributed by atoms with Crippen LogP contribution in [0.25, 0.3) is 6.08 Å².